The first kappa shape index (κ1) is 9.92. The standard InChI is InChI=1S/C9H7ClFN3O/c1-15-8-4-6(11)2-3-7(8)14-5-12-13-9(14)10/h2-5H,1H3. The number of methoxy groups -OCH3 is 1. The summed E-state index contributed by atoms with van der Waals surface area (Å²) in [5.74, 6) is -0.00324. The first-order valence-electron chi connectivity index (χ1n) is 4.12. The van der Waals surface area contributed by atoms with Gasteiger partial charge in [0.1, 0.15) is 17.9 Å². The fourth-order valence-electron chi connectivity index (χ4n) is 1.23. The molecule has 0 spiro atoms. The molecule has 0 bridgehead atoms. The van der Waals surface area contributed by atoms with Crippen molar-refractivity contribution in [2.75, 3.05) is 7.11 Å². The first-order chi connectivity index (χ1) is 7.22. The van der Waals surface area contributed by atoms with Crippen LogP contribution in [0.2, 0.25) is 5.28 Å². The van der Waals surface area contributed by atoms with Gasteiger partial charge in [-0.15, -0.1) is 10.2 Å². The van der Waals surface area contributed by atoms with Gasteiger partial charge < -0.3 is 4.74 Å². The van der Waals surface area contributed by atoms with E-state index in [1.807, 2.05) is 0 Å². The fourth-order valence-corrected chi connectivity index (χ4v) is 1.41. The second kappa shape index (κ2) is 3.86. The smallest absolute Gasteiger partial charge is 0.229 e. The van der Waals surface area contributed by atoms with Crippen LogP contribution in [0.3, 0.4) is 0 Å². The molecule has 0 radical (unpaired) electrons. The van der Waals surface area contributed by atoms with Crippen molar-refractivity contribution in [1.29, 1.82) is 0 Å². The maximum atomic E-state index is 12.9. The van der Waals surface area contributed by atoms with Crippen LogP contribution >= 0.6 is 11.6 Å². The number of hydrogen-bond acceptors (Lipinski definition) is 3. The Bertz CT molecular complexity index is 486. The molecule has 0 amide bonds. The maximum Gasteiger partial charge on any atom is 0.229 e. The molecule has 0 aliphatic rings. The van der Waals surface area contributed by atoms with Gasteiger partial charge in [0.15, 0.2) is 0 Å². The van der Waals surface area contributed by atoms with Crippen LogP contribution < -0.4 is 4.74 Å². The molecule has 0 atom stereocenters. The number of ether oxygens (including phenoxy) is 1. The third-order valence-electron chi connectivity index (χ3n) is 1.91. The Kier molecular flexibility index (Phi) is 2.55. The summed E-state index contributed by atoms with van der Waals surface area (Å²) >= 11 is 5.78. The van der Waals surface area contributed by atoms with E-state index in [9.17, 15) is 4.39 Å². The van der Waals surface area contributed by atoms with Gasteiger partial charge >= 0.3 is 0 Å². The van der Waals surface area contributed by atoms with Gasteiger partial charge in [-0.05, 0) is 23.7 Å². The number of benzene rings is 1. The van der Waals surface area contributed by atoms with Gasteiger partial charge in [-0.25, -0.2) is 4.39 Å². The largest absolute Gasteiger partial charge is 0.494 e. The summed E-state index contributed by atoms with van der Waals surface area (Å²) in [6.45, 7) is 0. The zero-order valence-electron chi connectivity index (χ0n) is 7.82. The number of rotatable bonds is 2. The van der Waals surface area contributed by atoms with Gasteiger partial charge in [0.25, 0.3) is 0 Å². The van der Waals surface area contributed by atoms with E-state index in [4.69, 9.17) is 16.3 Å². The molecule has 0 saturated carbocycles. The van der Waals surface area contributed by atoms with Gasteiger partial charge in [-0.3, -0.25) is 4.57 Å². The lowest BCUT2D eigenvalue weighted by molar-refractivity contribution is 0.409. The lowest BCUT2D eigenvalue weighted by Crippen LogP contribution is -1.97. The summed E-state index contributed by atoms with van der Waals surface area (Å²) in [6.07, 6.45) is 1.43. The van der Waals surface area contributed by atoms with Crippen LogP contribution in [0.1, 0.15) is 0 Å². The predicted octanol–water partition coefficient (Wildman–Crippen LogP) is 2.07. The number of hydrogen-bond donors (Lipinski definition) is 0. The van der Waals surface area contributed by atoms with Crippen LogP contribution in [0.25, 0.3) is 5.69 Å². The molecule has 15 heavy (non-hydrogen) atoms. The van der Waals surface area contributed by atoms with E-state index in [-0.39, 0.29) is 11.1 Å². The summed E-state index contributed by atoms with van der Waals surface area (Å²) in [6, 6.07) is 4.13. The average molecular weight is 228 g/mol. The Morgan fingerprint density at radius 3 is 2.87 bits per heavy atom. The Balaban J connectivity index is 2.58. The van der Waals surface area contributed by atoms with Crippen molar-refractivity contribution in [3.05, 3.63) is 35.6 Å². The molecule has 0 fully saturated rings. The zero-order valence-corrected chi connectivity index (χ0v) is 8.57. The molecule has 6 heteroatoms. The topological polar surface area (TPSA) is 39.9 Å². The summed E-state index contributed by atoms with van der Waals surface area (Å²) < 4.78 is 19.5. The minimum absolute atomic E-state index is 0.194. The molecule has 0 N–H and O–H groups in total. The van der Waals surface area contributed by atoms with Crippen LogP contribution in [0.5, 0.6) is 5.75 Å². The van der Waals surface area contributed by atoms with Gasteiger partial charge in [0.2, 0.25) is 5.28 Å². The highest BCUT2D eigenvalue weighted by Gasteiger charge is 2.09. The lowest BCUT2D eigenvalue weighted by atomic mass is 10.3. The third kappa shape index (κ3) is 1.78. The van der Waals surface area contributed by atoms with E-state index in [1.54, 1.807) is 6.07 Å². The summed E-state index contributed by atoms with van der Waals surface area (Å²) in [5.41, 5.74) is 0.592. The molecule has 1 heterocycles. The van der Waals surface area contributed by atoms with Gasteiger partial charge in [0, 0.05) is 6.07 Å². The molecule has 0 aliphatic heterocycles. The van der Waals surface area contributed by atoms with Crippen molar-refractivity contribution in [2.24, 2.45) is 0 Å². The van der Waals surface area contributed by atoms with Crippen molar-refractivity contribution in [3.8, 4) is 11.4 Å². The van der Waals surface area contributed by atoms with Crippen molar-refractivity contribution in [2.45, 2.75) is 0 Å². The molecule has 2 rings (SSSR count). The average Bonchev–Trinajstić information content (AvgIpc) is 2.64. The molecule has 1 aromatic carbocycles. The molecular weight excluding hydrogens is 221 g/mol. The van der Waals surface area contributed by atoms with Crippen LogP contribution in [0.4, 0.5) is 4.39 Å². The quantitative estimate of drug-likeness (QED) is 0.789. The van der Waals surface area contributed by atoms with Gasteiger partial charge in [0.05, 0.1) is 12.8 Å². The second-order valence-corrected chi connectivity index (χ2v) is 3.12. The Morgan fingerprint density at radius 1 is 1.47 bits per heavy atom. The number of aromatic nitrogens is 3. The van der Waals surface area contributed by atoms with E-state index >= 15 is 0 Å². The van der Waals surface area contributed by atoms with Crippen molar-refractivity contribution in [1.82, 2.24) is 14.8 Å². The molecule has 78 valence electrons. The van der Waals surface area contributed by atoms with Crippen LogP contribution in [0.15, 0.2) is 24.5 Å². The number of nitrogens with zero attached hydrogens (tertiary/aromatic N) is 3. The minimum Gasteiger partial charge on any atom is -0.494 e. The van der Waals surface area contributed by atoms with E-state index in [0.717, 1.165) is 0 Å². The number of halogens is 2. The van der Waals surface area contributed by atoms with Crippen molar-refractivity contribution in [3.63, 3.8) is 0 Å². The summed E-state index contributed by atoms with van der Waals surface area (Å²) in [5, 5.41) is 7.44. The zero-order chi connectivity index (χ0) is 10.8. The molecule has 0 saturated heterocycles. The summed E-state index contributed by atoms with van der Waals surface area (Å²) in [7, 11) is 1.45. The normalized spacial score (nSPS) is 10.3. The van der Waals surface area contributed by atoms with E-state index in [1.165, 1.54) is 30.1 Å². The minimum atomic E-state index is -0.375. The van der Waals surface area contributed by atoms with Crippen LogP contribution in [-0.2, 0) is 0 Å². The maximum absolute atomic E-state index is 12.9. The second-order valence-electron chi connectivity index (χ2n) is 2.79. The Morgan fingerprint density at radius 2 is 2.27 bits per heavy atom. The Hall–Kier alpha value is -1.62. The molecule has 0 unspecified atom stereocenters. The summed E-state index contributed by atoms with van der Waals surface area (Å²) in [4.78, 5) is 0. The molecular formula is C9H7ClFN3O. The van der Waals surface area contributed by atoms with Gasteiger partial charge in [-0.1, -0.05) is 0 Å². The molecule has 4 nitrogen and oxygen atoms in total. The van der Waals surface area contributed by atoms with Gasteiger partial charge in [-0.2, -0.15) is 0 Å². The highest BCUT2D eigenvalue weighted by molar-refractivity contribution is 6.28. The SMILES string of the molecule is COc1cc(F)ccc1-n1cnnc1Cl. The van der Waals surface area contributed by atoms with Crippen molar-refractivity contribution < 1.29 is 9.13 Å². The lowest BCUT2D eigenvalue weighted by Gasteiger charge is -2.08. The van der Waals surface area contributed by atoms with E-state index in [0.29, 0.717) is 11.4 Å². The monoisotopic (exact) mass is 227 g/mol. The molecule has 2 aromatic rings. The molecule has 1 aromatic heterocycles. The third-order valence-corrected chi connectivity index (χ3v) is 2.17. The van der Waals surface area contributed by atoms with E-state index < -0.39 is 0 Å². The molecule has 0 aliphatic carbocycles. The highest BCUT2D eigenvalue weighted by atomic mass is 35.5. The van der Waals surface area contributed by atoms with Crippen LogP contribution in [-0.4, -0.2) is 21.9 Å². The van der Waals surface area contributed by atoms with Crippen molar-refractivity contribution >= 4 is 11.6 Å². The van der Waals surface area contributed by atoms with Crippen LogP contribution in [0, 0.1) is 5.82 Å². The first-order valence-corrected chi connectivity index (χ1v) is 4.49. The fraction of sp³-hybridized carbons (Fsp3) is 0.111. The highest BCUT2D eigenvalue weighted by Crippen LogP contribution is 2.25. The Labute approximate surface area is 90.3 Å². The predicted molar refractivity (Wildman–Crippen MR) is 52.9 cm³/mol. The van der Waals surface area contributed by atoms with E-state index in [2.05, 4.69) is 10.2 Å².